The van der Waals surface area contributed by atoms with E-state index in [0.29, 0.717) is 0 Å². The van der Waals surface area contributed by atoms with Crippen molar-refractivity contribution in [2.24, 2.45) is 0 Å². The van der Waals surface area contributed by atoms with E-state index in [2.05, 4.69) is 0 Å². The molecule has 11 heavy (non-hydrogen) atoms. The van der Waals surface area contributed by atoms with Gasteiger partial charge in [0.25, 0.3) is 0 Å². The van der Waals surface area contributed by atoms with Gasteiger partial charge in [-0.25, -0.2) is 0 Å². The Kier molecular flexibility index (Phi) is 1.94. The Morgan fingerprint density at radius 3 is 1.82 bits per heavy atom. The number of hydrogen-bond donors (Lipinski definition) is 0. The predicted molar refractivity (Wildman–Crippen MR) is 46.7 cm³/mol. The third-order valence-electron chi connectivity index (χ3n) is 3.44. The lowest BCUT2D eigenvalue weighted by atomic mass is 9.74. The fraction of sp³-hybridized carbons (Fsp3) is 1.00. The topological polar surface area (TPSA) is 0 Å². The first-order valence-corrected chi connectivity index (χ1v) is 4.98. The summed E-state index contributed by atoms with van der Waals surface area (Å²) in [5.74, 6) is 0. The van der Waals surface area contributed by atoms with Gasteiger partial charge in [-0.15, -0.1) is 0 Å². The maximum atomic E-state index is 13.0. The van der Waals surface area contributed by atoms with Crippen molar-refractivity contribution >= 4 is 6.99 Å². The highest BCUT2D eigenvalue weighted by Gasteiger charge is 2.58. The second-order valence-electron chi connectivity index (χ2n) is 4.30. The Morgan fingerprint density at radius 2 is 1.36 bits per heavy atom. The summed E-state index contributed by atoms with van der Waals surface area (Å²) in [4.78, 5) is 0. The molecule has 0 N–H and O–H groups in total. The molecule has 2 heteroatoms. The quantitative estimate of drug-likeness (QED) is 0.468. The van der Waals surface area contributed by atoms with E-state index in [-0.39, 0.29) is 5.31 Å². The molecule has 1 spiro atoms. The summed E-state index contributed by atoms with van der Waals surface area (Å²) < 4.78 is 13.0. The van der Waals surface area contributed by atoms with Gasteiger partial charge in [0, 0.05) is 0 Å². The molecule has 62 valence electrons. The van der Waals surface area contributed by atoms with Crippen molar-refractivity contribution in [1.29, 1.82) is 0 Å². The van der Waals surface area contributed by atoms with Crippen LogP contribution in [0.15, 0.2) is 0 Å². The summed E-state index contributed by atoms with van der Waals surface area (Å²) >= 11 is 0. The molecule has 0 amide bonds. The summed E-state index contributed by atoms with van der Waals surface area (Å²) in [6, 6.07) is 0. The molecular weight excluding hydrogens is 138 g/mol. The van der Waals surface area contributed by atoms with E-state index in [1.165, 1.54) is 44.9 Å². The maximum absolute atomic E-state index is 13.0. The molecule has 0 unspecified atom stereocenters. The minimum atomic E-state index is -0.430. The molecule has 0 aromatic carbocycles. The number of halogens is 1. The molecule has 0 aromatic rings. The van der Waals surface area contributed by atoms with E-state index in [1.54, 1.807) is 0 Å². The van der Waals surface area contributed by atoms with Crippen molar-refractivity contribution in [3.05, 3.63) is 0 Å². The first-order chi connectivity index (χ1) is 5.33. The second-order valence-corrected chi connectivity index (χ2v) is 4.30. The van der Waals surface area contributed by atoms with Gasteiger partial charge in [-0.1, -0.05) is 44.9 Å². The van der Waals surface area contributed by atoms with Crippen LogP contribution in [0.25, 0.3) is 0 Å². The normalized spacial score (nSPS) is 29.7. The Morgan fingerprint density at radius 1 is 0.909 bits per heavy atom. The monoisotopic (exact) mass is 154 g/mol. The molecular formula is C9H16BF. The molecule has 0 nitrogen and oxygen atoms in total. The summed E-state index contributed by atoms with van der Waals surface area (Å²) in [5.41, 5.74) is 0. The number of rotatable bonds is 0. The van der Waals surface area contributed by atoms with Crippen LogP contribution in [0.3, 0.4) is 0 Å². The van der Waals surface area contributed by atoms with E-state index in [9.17, 15) is 4.32 Å². The van der Waals surface area contributed by atoms with Crippen LogP contribution in [-0.2, 0) is 0 Å². The SMILES string of the molecule is FB1CC12CCCCCCC2. The third-order valence-corrected chi connectivity index (χ3v) is 3.44. The van der Waals surface area contributed by atoms with Crippen molar-refractivity contribution in [3.63, 3.8) is 0 Å². The highest BCUT2D eigenvalue weighted by Crippen LogP contribution is 2.62. The molecule has 1 saturated carbocycles. The third kappa shape index (κ3) is 1.45. The van der Waals surface area contributed by atoms with E-state index in [1.807, 2.05) is 0 Å². The average Bonchev–Trinajstić information content (AvgIpc) is 2.55. The minimum absolute atomic E-state index is 0.195. The Labute approximate surface area is 68.7 Å². The lowest BCUT2D eigenvalue weighted by Gasteiger charge is -2.17. The summed E-state index contributed by atoms with van der Waals surface area (Å²) in [6.45, 7) is -0.430. The van der Waals surface area contributed by atoms with Gasteiger partial charge in [-0.2, -0.15) is 0 Å². The molecule has 0 aromatic heterocycles. The molecule has 0 radical (unpaired) electrons. The van der Waals surface area contributed by atoms with Gasteiger partial charge in [-0.05, 0) is 11.6 Å². The van der Waals surface area contributed by atoms with Crippen molar-refractivity contribution in [2.45, 2.75) is 56.6 Å². The van der Waals surface area contributed by atoms with Gasteiger partial charge in [0.15, 0.2) is 0 Å². The molecule has 1 heterocycles. The molecule has 0 atom stereocenters. The second kappa shape index (κ2) is 2.80. The average molecular weight is 154 g/mol. The van der Waals surface area contributed by atoms with Crippen molar-refractivity contribution in [3.8, 4) is 0 Å². The van der Waals surface area contributed by atoms with Crippen molar-refractivity contribution in [1.82, 2.24) is 0 Å². The van der Waals surface area contributed by atoms with Gasteiger partial charge in [0.1, 0.15) is 0 Å². The highest BCUT2D eigenvalue weighted by atomic mass is 19.1. The first-order valence-electron chi connectivity index (χ1n) is 4.98. The molecule has 2 fully saturated rings. The molecule has 0 bridgehead atoms. The molecule has 2 rings (SSSR count). The Hall–Kier alpha value is -0.00506. The fourth-order valence-corrected chi connectivity index (χ4v) is 2.42. The minimum Gasteiger partial charge on any atom is -0.336 e. The summed E-state index contributed by atoms with van der Waals surface area (Å²) in [7, 11) is 0. The van der Waals surface area contributed by atoms with E-state index in [4.69, 9.17) is 0 Å². The van der Waals surface area contributed by atoms with Gasteiger partial charge in [-0.3, -0.25) is 0 Å². The standard InChI is InChI=1S/C9H16BF/c11-10-8-9(10)6-4-2-1-3-5-7-9/h1-8H2. The van der Waals surface area contributed by atoms with Crippen molar-refractivity contribution in [2.75, 3.05) is 0 Å². The van der Waals surface area contributed by atoms with Crippen LogP contribution in [0.4, 0.5) is 4.32 Å². The van der Waals surface area contributed by atoms with Gasteiger partial charge >= 0.3 is 6.99 Å². The van der Waals surface area contributed by atoms with Crippen LogP contribution < -0.4 is 0 Å². The van der Waals surface area contributed by atoms with Gasteiger partial charge < -0.3 is 4.32 Å². The molecule has 1 saturated heterocycles. The Bertz CT molecular complexity index is 138. The lowest BCUT2D eigenvalue weighted by Crippen LogP contribution is -2.02. The van der Waals surface area contributed by atoms with Crippen LogP contribution in [0, 0.1) is 0 Å². The van der Waals surface area contributed by atoms with Crippen LogP contribution in [0.2, 0.25) is 11.6 Å². The van der Waals surface area contributed by atoms with Gasteiger partial charge in [0.05, 0.1) is 0 Å². The number of hydrogen-bond acceptors (Lipinski definition) is 0. The van der Waals surface area contributed by atoms with E-state index in [0.717, 1.165) is 6.32 Å². The smallest absolute Gasteiger partial charge is 0.336 e. The Balaban J connectivity index is 1.89. The van der Waals surface area contributed by atoms with Crippen LogP contribution in [-0.4, -0.2) is 6.99 Å². The van der Waals surface area contributed by atoms with Crippen molar-refractivity contribution < 1.29 is 4.32 Å². The van der Waals surface area contributed by atoms with Crippen LogP contribution in [0.1, 0.15) is 44.9 Å². The zero-order valence-electron chi connectivity index (χ0n) is 7.11. The van der Waals surface area contributed by atoms with Crippen LogP contribution in [0.5, 0.6) is 0 Å². The summed E-state index contributed by atoms with van der Waals surface area (Å²) in [5, 5.41) is 0.195. The van der Waals surface area contributed by atoms with Gasteiger partial charge in [0.2, 0.25) is 0 Å². The van der Waals surface area contributed by atoms with Crippen LogP contribution >= 0.6 is 0 Å². The molecule has 1 aliphatic carbocycles. The lowest BCUT2D eigenvalue weighted by molar-refractivity contribution is 0.449. The molecule has 1 aliphatic heterocycles. The highest BCUT2D eigenvalue weighted by molar-refractivity contribution is 6.67. The van der Waals surface area contributed by atoms with E-state index >= 15 is 0 Å². The zero-order chi connectivity index (χ0) is 7.73. The van der Waals surface area contributed by atoms with E-state index < -0.39 is 6.99 Å². The molecule has 2 aliphatic rings. The maximum Gasteiger partial charge on any atom is 0.353 e. The predicted octanol–water partition coefficient (Wildman–Crippen LogP) is 3.45. The summed E-state index contributed by atoms with van der Waals surface area (Å²) in [6.07, 6.45) is 9.85. The largest absolute Gasteiger partial charge is 0.353 e. The zero-order valence-corrected chi connectivity index (χ0v) is 7.11. The fourth-order valence-electron chi connectivity index (χ4n) is 2.42. The first kappa shape index (κ1) is 7.63.